The van der Waals surface area contributed by atoms with Gasteiger partial charge in [0.05, 0.1) is 12.8 Å². The molecular formula is C22H19FN2O2. The lowest BCUT2D eigenvalue weighted by Crippen LogP contribution is -2.24. The van der Waals surface area contributed by atoms with Gasteiger partial charge in [0.25, 0.3) is 0 Å². The second-order valence-corrected chi connectivity index (χ2v) is 6.45. The molecule has 0 fully saturated rings. The SMILES string of the molecule is O=C(C[C@H](c1ccc(F)cc1)c1c[nH]c2ccccc12)NCc1ccco1. The van der Waals surface area contributed by atoms with Crippen molar-refractivity contribution in [3.05, 3.63) is 95.8 Å². The summed E-state index contributed by atoms with van der Waals surface area (Å²) in [4.78, 5) is 15.8. The van der Waals surface area contributed by atoms with Gasteiger partial charge in [0, 0.05) is 29.4 Å². The van der Waals surface area contributed by atoms with Crippen molar-refractivity contribution in [1.82, 2.24) is 10.3 Å². The van der Waals surface area contributed by atoms with Gasteiger partial charge >= 0.3 is 0 Å². The minimum absolute atomic E-state index is 0.0917. The van der Waals surface area contributed by atoms with Crippen molar-refractivity contribution in [3.63, 3.8) is 0 Å². The zero-order chi connectivity index (χ0) is 18.6. The fraction of sp³-hybridized carbons (Fsp3) is 0.136. The lowest BCUT2D eigenvalue weighted by molar-refractivity contribution is -0.121. The van der Waals surface area contributed by atoms with Gasteiger partial charge in [0.2, 0.25) is 5.91 Å². The Morgan fingerprint density at radius 2 is 1.89 bits per heavy atom. The van der Waals surface area contributed by atoms with E-state index in [1.807, 2.05) is 36.5 Å². The molecule has 0 unspecified atom stereocenters. The van der Waals surface area contributed by atoms with Gasteiger partial charge in [-0.25, -0.2) is 4.39 Å². The normalized spacial score (nSPS) is 12.2. The van der Waals surface area contributed by atoms with Gasteiger partial charge in [-0.05, 0) is 41.5 Å². The van der Waals surface area contributed by atoms with Crippen molar-refractivity contribution < 1.29 is 13.6 Å². The van der Waals surface area contributed by atoms with Crippen LogP contribution in [0, 0.1) is 5.82 Å². The Hall–Kier alpha value is -3.34. The highest BCUT2D eigenvalue weighted by atomic mass is 19.1. The highest BCUT2D eigenvalue weighted by Crippen LogP contribution is 2.33. The van der Waals surface area contributed by atoms with Gasteiger partial charge < -0.3 is 14.7 Å². The molecule has 27 heavy (non-hydrogen) atoms. The molecule has 5 heteroatoms. The molecule has 0 saturated carbocycles. The molecule has 136 valence electrons. The van der Waals surface area contributed by atoms with E-state index in [4.69, 9.17) is 4.42 Å². The summed E-state index contributed by atoms with van der Waals surface area (Å²) in [6.45, 7) is 0.343. The molecule has 0 radical (unpaired) electrons. The van der Waals surface area contributed by atoms with Crippen molar-refractivity contribution in [3.8, 4) is 0 Å². The Morgan fingerprint density at radius 3 is 2.67 bits per heavy atom. The highest BCUT2D eigenvalue weighted by molar-refractivity contribution is 5.86. The van der Waals surface area contributed by atoms with E-state index in [0.29, 0.717) is 12.3 Å². The van der Waals surface area contributed by atoms with E-state index in [2.05, 4.69) is 10.3 Å². The predicted octanol–water partition coefficient (Wildman–Crippen LogP) is 4.74. The summed E-state index contributed by atoms with van der Waals surface area (Å²) in [5.74, 6) is 0.136. The summed E-state index contributed by atoms with van der Waals surface area (Å²) in [6.07, 6.45) is 3.77. The topological polar surface area (TPSA) is 58.0 Å². The molecule has 1 atom stereocenters. The Labute approximate surface area is 156 Å². The number of amides is 1. The Kier molecular flexibility index (Phi) is 4.75. The zero-order valence-corrected chi connectivity index (χ0v) is 14.6. The van der Waals surface area contributed by atoms with E-state index in [1.54, 1.807) is 24.5 Å². The molecule has 1 amide bonds. The third-order valence-corrected chi connectivity index (χ3v) is 4.70. The number of furan rings is 1. The van der Waals surface area contributed by atoms with Gasteiger partial charge in [0.15, 0.2) is 0 Å². The summed E-state index contributed by atoms with van der Waals surface area (Å²) in [5, 5.41) is 3.95. The summed E-state index contributed by atoms with van der Waals surface area (Å²) in [5.41, 5.74) is 2.93. The number of fused-ring (bicyclic) bond motifs is 1. The monoisotopic (exact) mass is 362 g/mol. The number of nitrogens with one attached hydrogen (secondary N) is 2. The van der Waals surface area contributed by atoms with Crippen LogP contribution >= 0.6 is 0 Å². The lowest BCUT2D eigenvalue weighted by Gasteiger charge is -2.17. The smallest absolute Gasteiger partial charge is 0.221 e. The minimum atomic E-state index is -0.293. The highest BCUT2D eigenvalue weighted by Gasteiger charge is 2.21. The standard InChI is InChI=1S/C22H19FN2O2/c23-16-9-7-15(8-10-16)19(12-22(26)25-13-17-4-3-11-27-17)20-14-24-21-6-2-1-5-18(20)21/h1-11,14,19,24H,12-13H2,(H,25,26)/t19-/m1/s1. The van der Waals surface area contributed by atoms with Crippen LogP contribution in [0.2, 0.25) is 0 Å². The second kappa shape index (κ2) is 7.50. The molecular weight excluding hydrogens is 343 g/mol. The maximum absolute atomic E-state index is 13.4. The Morgan fingerprint density at radius 1 is 1.07 bits per heavy atom. The first-order valence-corrected chi connectivity index (χ1v) is 8.81. The van der Waals surface area contributed by atoms with Crippen molar-refractivity contribution >= 4 is 16.8 Å². The van der Waals surface area contributed by atoms with Crippen LogP contribution in [0.25, 0.3) is 10.9 Å². The number of carbonyl (C=O) groups excluding carboxylic acids is 1. The fourth-order valence-electron chi connectivity index (χ4n) is 3.34. The number of aromatic nitrogens is 1. The van der Waals surface area contributed by atoms with Crippen molar-refractivity contribution in [2.75, 3.05) is 0 Å². The molecule has 0 aliphatic carbocycles. The molecule has 0 bridgehead atoms. The minimum Gasteiger partial charge on any atom is -0.467 e. The van der Waals surface area contributed by atoms with Crippen LogP contribution in [0.3, 0.4) is 0 Å². The average Bonchev–Trinajstić information content (AvgIpc) is 3.35. The summed E-state index contributed by atoms with van der Waals surface area (Å²) < 4.78 is 18.6. The number of hydrogen-bond acceptors (Lipinski definition) is 2. The summed E-state index contributed by atoms with van der Waals surface area (Å²) >= 11 is 0. The third-order valence-electron chi connectivity index (χ3n) is 4.70. The van der Waals surface area contributed by atoms with E-state index in [-0.39, 0.29) is 24.1 Å². The molecule has 0 aliphatic rings. The van der Waals surface area contributed by atoms with Crippen LogP contribution in [-0.4, -0.2) is 10.9 Å². The van der Waals surface area contributed by atoms with Crippen LogP contribution < -0.4 is 5.32 Å². The number of aromatic amines is 1. The number of carbonyl (C=O) groups is 1. The summed E-state index contributed by atoms with van der Waals surface area (Å²) in [6, 6.07) is 17.9. The largest absolute Gasteiger partial charge is 0.467 e. The fourth-order valence-corrected chi connectivity index (χ4v) is 3.34. The maximum atomic E-state index is 13.4. The van der Waals surface area contributed by atoms with Gasteiger partial charge in [-0.3, -0.25) is 4.79 Å². The lowest BCUT2D eigenvalue weighted by atomic mass is 9.88. The molecule has 4 rings (SSSR count). The van der Waals surface area contributed by atoms with E-state index >= 15 is 0 Å². The predicted molar refractivity (Wildman–Crippen MR) is 102 cm³/mol. The molecule has 2 heterocycles. The van der Waals surface area contributed by atoms with Gasteiger partial charge in [0.1, 0.15) is 11.6 Å². The maximum Gasteiger partial charge on any atom is 0.221 e. The molecule has 0 saturated heterocycles. The quantitative estimate of drug-likeness (QED) is 0.521. The van der Waals surface area contributed by atoms with Crippen molar-refractivity contribution in [2.24, 2.45) is 0 Å². The molecule has 2 aromatic heterocycles. The van der Waals surface area contributed by atoms with Crippen LogP contribution in [0.1, 0.15) is 29.2 Å². The van der Waals surface area contributed by atoms with Crippen molar-refractivity contribution in [1.29, 1.82) is 0 Å². The molecule has 2 N–H and O–H groups in total. The number of hydrogen-bond donors (Lipinski definition) is 2. The van der Waals surface area contributed by atoms with Gasteiger partial charge in [-0.15, -0.1) is 0 Å². The van der Waals surface area contributed by atoms with E-state index in [0.717, 1.165) is 22.0 Å². The number of H-pyrrole nitrogens is 1. The first-order valence-electron chi connectivity index (χ1n) is 8.81. The molecule has 0 aliphatic heterocycles. The average molecular weight is 362 g/mol. The molecule has 4 nitrogen and oxygen atoms in total. The summed E-state index contributed by atoms with van der Waals surface area (Å²) in [7, 11) is 0. The van der Waals surface area contributed by atoms with E-state index in [9.17, 15) is 9.18 Å². The first kappa shape index (κ1) is 17.1. The zero-order valence-electron chi connectivity index (χ0n) is 14.6. The molecule has 0 spiro atoms. The Balaban J connectivity index is 1.62. The van der Waals surface area contributed by atoms with Crippen molar-refractivity contribution in [2.45, 2.75) is 18.9 Å². The van der Waals surface area contributed by atoms with E-state index < -0.39 is 0 Å². The van der Waals surface area contributed by atoms with E-state index in [1.165, 1.54) is 12.1 Å². The van der Waals surface area contributed by atoms with Crippen LogP contribution in [-0.2, 0) is 11.3 Å². The third kappa shape index (κ3) is 3.77. The first-order chi connectivity index (χ1) is 13.2. The van der Waals surface area contributed by atoms with Gasteiger partial charge in [-0.2, -0.15) is 0 Å². The number of halogens is 1. The van der Waals surface area contributed by atoms with Crippen LogP contribution in [0.5, 0.6) is 0 Å². The number of benzene rings is 2. The number of para-hydroxylation sites is 1. The van der Waals surface area contributed by atoms with Gasteiger partial charge in [-0.1, -0.05) is 30.3 Å². The van der Waals surface area contributed by atoms with Crippen LogP contribution in [0.15, 0.2) is 77.5 Å². The second-order valence-electron chi connectivity index (χ2n) is 6.45. The van der Waals surface area contributed by atoms with Crippen LogP contribution in [0.4, 0.5) is 4.39 Å². The number of rotatable bonds is 6. The molecule has 4 aromatic rings. The molecule has 2 aromatic carbocycles. The Bertz CT molecular complexity index is 1040.